The molecule has 3 unspecified atom stereocenters. The summed E-state index contributed by atoms with van der Waals surface area (Å²) in [6.07, 6.45) is 8.22. The second-order valence-corrected chi connectivity index (χ2v) is 7.16. The molecule has 1 aromatic heterocycles. The third-order valence-electron chi connectivity index (χ3n) is 5.03. The molecular formula is C17H32N4. The van der Waals surface area contributed by atoms with Crippen molar-refractivity contribution in [3.8, 4) is 0 Å². The predicted octanol–water partition coefficient (Wildman–Crippen LogP) is 3.05. The SMILES string of the molecule is CCC1CCC(CNCC(C)C)C(Cc2ncnn2C)C1. The topological polar surface area (TPSA) is 42.7 Å². The number of rotatable bonds is 7. The average Bonchev–Trinajstić information content (AvgIpc) is 2.85. The van der Waals surface area contributed by atoms with Crippen LogP contribution in [0.15, 0.2) is 6.33 Å². The van der Waals surface area contributed by atoms with Crippen LogP contribution in [-0.4, -0.2) is 27.9 Å². The van der Waals surface area contributed by atoms with Crippen LogP contribution < -0.4 is 5.32 Å². The van der Waals surface area contributed by atoms with Crippen LogP contribution in [0.5, 0.6) is 0 Å². The Bertz CT molecular complexity index is 413. The molecule has 0 aromatic carbocycles. The molecule has 1 aliphatic rings. The first-order chi connectivity index (χ1) is 10.1. The second-order valence-electron chi connectivity index (χ2n) is 7.16. The van der Waals surface area contributed by atoms with Gasteiger partial charge in [0.25, 0.3) is 0 Å². The monoisotopic (exact) mass is 292 g/mol. The highest BCUT2D eigenvalue weighted by molar-refractivity contribution is 4.91. The fourth-order valence-corrected chi connectivity index (χ4v) is 3.61. The van der Waals surface area contributed by atoms with Gasteiger partial charge in [0.1, 0.15) is 12.2 Å². The Morgan fingerprint density at radius 3 is 2.76 bits per heavy atom. The highest BCUT2D eigenvalue weighted by Crippen LogP contribution is 2.36. The van der Waals surface area contributed by atoms with Gasteiger partial charge in [0.15, 0.2) is 0 Å². The number of aryl methyl sites for hydroxylation is 1. The highest BCUT2D eigenvalue weighted by Gasteiger charge is 2.30. The largest absolute Gasteiger partial charge is 0.316 e. The third-order valence-corrected chi connectivity index (χ3v) is 5.03. The lowest BCUT2D eigenvalue weighted by Crippen LogP contribution is -2.35. The maximum Gasteiger partial charge on any atom is 0.138 e. The normalized spacial score (nSPS) is 26.4. The first kappa shape index (κ1) is 16.5. The minimum absolute atomic E-state index is 0.731. The van der Waals surface area contributed by atoms with E-state index in [1.165, 1.54) is 25.7 Å². The van der Waals surface area contributed by atoms with E-state index in [9.17, 15) is 0 Å². The molecule has 0 amide bonds. The van der Waals surface area contributed by atoms with E-state index >= 15 is 0 Å². The van der Waals surface area contributed by atoms with Crippen molar-refractivity contribution in [2.24, 2.45) is 30.7 Å². The van der Waals surface area contributed by atoms with E-state index in [4.69, 9.17) is 0 Å². The van der Waals surface area contributed by atoms with Crippen LogP contribution in [0.25, 0.3) is 0 Å². The summed E-state index contributed by atoms with van der Waals surface area (Å²) in [5, 5.41) is 7.89. The molecule has 120 valence electrons. The van der Waals surface area contributed by atoms with Crippen molar-refractivity contribution < 1.29 is 0 Å². The smallest absolute Gasteiger partial charge is 0.138 e. The molecule has 0 radical (unpaired) electrons. The fraction of sp³-hybridized carbons (Fsp3) is 0.882. The van der Waals surface area contributed by atoms with Gasteiger partial charge in [0, 0.05) is 13.5 Å². The van der Waals surface area contributed by atoms with Gasteiger partial charge in [-0.25, -0.2) is 4.98 Å². The summed E-state index contributed by atoms with van der Waals surface area (Å²) in [5.41, 5.74) is 0. The molecule has 3 atom stereocenters. The van der Waals surface area contributed by atoms with Gasteiger partial charge < -0.3 is 5.32 Å². The van der Waals surface area contributed by atoms with Crippen molar-refractivity contribution in [2.45, 2.75) is 52.9 Å². The van der Waals surface area contributed by atoms with Crippen molar-refractivity contribution in [1.82, 2.24) is 20.1 Å². The maximum atomic E-state index is 4.44. The molecule has 1 fully saturated rings. The summed E-state index contributed by atoms with van der Waals surface area (Å²) >= 11 is 0. The van der Waals surface area contributed by atoms with Crippen molar-refractivity contribution in [3.05, 3.63) is 12.2 Å². The lowest BCUT2D eigenvalue weighted by Gasteiger charge is -2.36. The standard InChI is InChI=1S/C17H32N4/c1-5-14-6-7-15(11-18-10-13(2)3)16(8-14)9-17-19-12-20-21(17)4/h12-16,18H,5-11H2,1-4H3. The Balaban J connectivity index is 1.94. The van der Waals surface area contributed by atoms with Gasteiger partial charge in [-0.15, -0.1) is 0 Å². The van der Waals surface area contributed by atoms with Crippen LogP contribution >= 0.6 is 0 Å². The lowest BCUT2D eigenvalue weighted by atomic mass is 9.71. The molecule has 1 aromatic rings. The Morgan fingerprint density at radius 2 is 2.14 bits per heavy atom. The van der Waals surface area contributed by atoms with Crippen molar-refractivity contribution in [3.63, 3.8) is 0 Å². The molecule has 4 nitrogen and oxygen atoms in total. The van der Waals surface area contributed by atoms with Gasteiger partial charge in [-0.1, -0.05) is 33.6 Å². The molecule has 1 heterocycles. The van der Waals surface area contributed by atoms with E-state index in [1.807, 2.05) is 11.7 Å². The van der Waals surface area contributed by atoms with Crippen molar-refractivity contribution in [1.29, 1.82) is 0 Å². The third kappa shape index (κ3) is 4.80. The van der Waals surface area contributed by atoms with Gasteiger partial charge in [0.2, 0.25) is 0 Å². The van der Waals surface area contributed by atoms with E-state index in [2.05, 4.69) is 36.2 Å². The van der Waals surface area contributed by atoms with E-state index in [-0.39, 0.29) is 0 Å². The van der Waals surface area contributed by atoms with Crippen LogP contribution in [0.4, 0.5) is 0 Å². The summed E-state index contributed by atoms with van der Waals surface area (Å²) in [6.45, 7) is 9.18. The Morgan fingerprint density at radius 1 is 1.33 bits per heavy atom. The van der Waals surface area contributed by atoms with Crippen LogP contribution in [0.2, 0.25) is 0 Å². The quantitative estimate of drug-likeness (QED) is 0.840. The Hall–Kier alpha value is -0.900. The zero-order chi connectivity index (χ0) is 15.2. The van der Waals surface area contributed by atoms with E-state index in [1.54, 1.807) is 6.33 Å². The molecular weight excluding hydrogens is 260 g/mol. The molecule has 4 heteroatoms. The molecule has 0 saturated heterocycles. The fourth-order valence-electron chi connectivity index (χ4n) is 3.61. The lowest BCUT2D eigenvalue weighted by molar-refractivity contribution is 0.167. The molecule has 1 saturated carbocycles. The van der Waals surface area contributed by atoms with Gasteiger partial charge >= 0.3 is 0 Å². The van der Waals surface area contributed by atoms with Gasteiger partial charge in [-0.05, 0) is 49.6 Å². The van der Waals surface area contributed by atoms with Gasteiger partial charge in [-0.3, -0.25) is 4.68 Å². The predicted molar refractivity (Wildman–Crippen MR) is 87.0 cm³/mol. The molecule has 1 N–H and O–H groups in total. The average molecular weight is 292 g/mol. The van der Waals surface area contributed by atoms with Crippen LogP contribution in [0.1, 0.15) is 52.3 Å². The van der Waals surface area contributed by atoms with Gasteiger partial charge in [0.05, 0.1) is 0 Å². The van der Waals surface area contributed by atoms with Crippen molar-refractivity contribution >= 4 is 0 Å². The summed E-state index contributed by atoms with van der Waals surface area (Å²) in [6, 6.07) is 0. The zero-order valence-electron chi connectivity index (χ0n) is 14.2. The number of hydrogen-bond acceptors (Lipinski definition) is 3. The second kappa shape index (κ2) is 7.92. The number of hydrogen-bond donors (Lipinski definition) is 1. The minimum atomic E-state index is 0.731. The van der Waals surface area contributed by atoms with E-state index in [0.717, 1.165) is 49.0 Å². The molecule has 2 rings (SSSR count). The Kier molecular flexibility index (Phi) is 6.22. The summed E-state index contributed by atoms with van der Waals surface area (Å²) in [7, 11) is 2.01. The Labute approximate surface area is 129 Å². The highest BCUT2D eigenvalue weighted by atomic mass is 15.3. The summed E-state index contributed by atoms with van der Waals surface area (Å²) in [5.74, 6) is 4.33. The first-order valence-electron chi connectivity index (χ1n) is 8.63. The molecule has 0 bridgehead atoms. The van der Waals surface area contributed by atoms with Crippen LogP contribution in [0, 0.1) is 23.7 Å². The van der Waals surface area contributed by atoms with Gasteiger partial charge in [-0.2, -0.15) is 5.10 Å². The number of aromatic nitrogens is 3. The summed E-state index contributed by atoms with van der Waals surface area (Å²) < 4.78 is 1.94. The van der Waals surface area contributed by atoms with Crippen LogP contribution in [0.3, 0.4) is 0 Å². The molecule has 21 heavy (non-hydrogen) atoms. The molecule has 1 aliphatic carbocycles. The number of nitrogens with zero attached hydrogens (tertiary/aromatic N) is 3. The maximum absolute atomic E-state index is 4.44. The zero-order valence-corrected chi connectivity index (χ0v) is 14.2. The number of nitrogens with one attached hydrogen (secondary N) is 1. The molecule has 0 aliphatic heterocycles. The minimum Gasteiger partial charge on any atom is -0.316 e. The van der Waals surface area contributed by atoms with Crippen molar-refractivity contribution in [2.75, 3.05) is 13.1 Å². The van der Waals surface area contributed by atoms with E-state index in [0.29, 0.717) is 0 Å². The first-order valence-corrected chi connectivity index (χ1v) is 8.63. The van der Waals surface area contributed by atoms with E-state index < -0.39 is 0 Å². The van der Waals surface area contributed by atoms with Crippen LogP contribution in [-0.2, 0) is 13.5 Å². The summed E-state index contributed by atoms with van der Waals surface area (Å²) in [4.78, 5) is 4.44. The molecule has 0 spiro atoms.